The van der Waals surface area contributed by atoms with E-state index in [9.17, 15) is 0 Å². The van der Waals surface area contributed by atoms with Crippen molar-refractivity contribution in [3.63, 3.8) is 0 Å². The molecule has 0 fully saturated rings. The Hall–Kier alpha value is -4.82. The van der Waals surface area contributed by atoms with Gasteiger partial charge in [-0.1, -0.05) is 129 Å². The van der Waals surface area contributed by atoms with E-state index in [2.05, 4.69) is 170 Å². The first-order chi connectivity index (χ1) is 20.8. The van der Waals surface area contributed by atoms with Crippen LogP contribution in [-0.2, 0) is 0 Å². The molecule has 5 rings (SSSR count). The van der Waals surface area contributed by atoms with Crippen molar-refractivity contribution in [3.8, 4) is 5.75 Å². The molecule has 2 heteroatoms. The molecule has 210 valence electrons. The highest BCUT2D eigenvalue weighted by atomic mass is 16.5. The second-order valence-electron chi connectivity index (χ2n) is 10.4. The number of anilines is 3. The fraction of sp³-hybridized carbons (Fsp3) is 0.150. The van der Waals surface area contributed by atoms with E-state index in [0.29, 0.717) is 0 Å². The topological polar surface area (TPSA) is 12.5 Å². The van der Waals surface area contributed by atoms with E-state index in [4.69, 9.17) is 4.74 Å². The maximum Gasteiger partial charge on any atom is 0.119 e. The van der Waals surface area contributed by atoms with Gasteiger partial charge in [0.2, 0.25) is 0 Å². The summed E-state index contributed by atoms with van der Waals surface area (Å²) < 4.78 is 5.87. The van der Waals surface area contributed by atoms with Crippen LogP contribution in [0.4, 0.5) is 17.1 Å². The maximum absolute atomic E-state index is 5.87. The molecule has 0 unspecified atom stereocenters. The zero-order valence-corrected chi connectivity index (χ0v) is 24.4. The van der Waals surface area contributed by atoms with Gasteiger partial charge in [0.05, 0.1) is 6.61 Å². The molecular weight excluding hydrogens is 510 g/mol. The first kappa shape index (κ1) is 28.7. The minimum Gasteiger partial charge on any atom is -0.494 e. The Morgan fingerprint density at radius 3 is 1.52 bits per heavy atom. The zero-order chi connectivity index (χ0) is 28.8. The molecule has 5 aromatic rings. The van der Waals surface area contributed by atoms with Gasteiger partial charge in [-0.25, -0.2) is 0 Å². The molecule has 2 nitrogen and oxygen atoms in total. The molecule has 0 heterocycles. The molecule has 0 bridgehead atoms. The average molecular weight is 550 g/mol. The van der Waals surface area contributed by atoms with Crippen molar-refractivity contribution in [2.24, 2.45) is 0 Å². The molecule has 0 amide bonds. The summed E-state index contributed by atoms with van der Waals surface area (Å²) in [6, 6.07) is 46.6. The highest BCUT2D eigenvalue weighted by Gasteiger charge is 2.11. The molecule has 5 aromatic carbocycles. The van der Waals surface area contributed by atoms with Crippen molar-refractivity contribution in [2.75, 3.05) is 11.5 Å². The van der Waals surface area contributed by atoms with Gasteiger partial charge in [0.15, 0.2) is 0 Å². The van der Waals surface area contributed by atoms with Crippen LogP contribution in [0.25, 0.3) is 24.3 Å². The van der Waals surface area contributed by atoms with Crippen molar-refractivity contribution in [1.29, 1.82) is 0 Å². The van der Waals surface area contributed by atoms with E-state index in [-0.39, 0.29) is 0 Å². The van der Waals surface area contributed by atoms with Crippen molar-refractivity contribution >= 4 is 41.4 Å². The summed E-state index contributed by atoms with van der Waals surface area (Å²) in [5.41, 5.74) is 8.07. The van der Waals surface area contributed by atoms with E-state index in [1.807, 2.05) is 0 Å². The van der Waals surface area contributed by atoms with Crippen LogP contribution in [0.1, 0.15) is 54.9 Å². The molecule has 42 heavy (non-hydrogen) atoms. The lowest BCUT2D eigenvalue weighted by molar-refractivity contribution is 0.305. The van der Waals surface area contributed by atoms with Crippen LogP contribution in [0, 0.1) is 0 Å². The van der Waals surface area contributed by atoms with Crippen molar-refractivity contribution in [1.82, 2.24) is 0 Å². The number of rotatable bonds is 13. The average Bonchev–Trinajstić information content (AvgIpc) is 3.05. The third-order valence-electron chi connectivity index (χ3n) is 7.17. The number of ether oxygens (including phenoxy) is 1. The van der Waals surface area contributed by atoms with Gasteiger partial charge in [-0.15, -0.1) is 0 Å². The van der Waals surface area contributed by atoms with Gasteiger partial charge in [-0.05, 0) is 83.3 Å². The van der Waals surface area contributed by atoms with Gasteiger partial charge in [0, 0.05) is 17.1 Å². The normalized spacial score (nSPS) is 11.3. The fourth-order valence-electron chi connectivity index (χ4n) is 4.88. The second-order valence-corrected chi connectivity index (χ2v) is 10.4. The number of benzene rings is 5. The summed E-state index contributed by atoms with van der Waals surface area (Å²) >= 11 is 0. The summed E-state index contributed by atoms with van der Waals surface area (Å²) in [4.78, 5) is 2.28. The molecule has 0 N–H and O–H groups in total. The minimum atomic E-state index is 0.791. The maximum atomic E-state index is 5.87. The lowest BCUT2D eigenvalue weighted by Crippen LogP contribution is -2.09. The van der Waals surface area contributed by atoms with E-state index in [1.165, 1.54) is 30.4 Å². The Bertz CT molecular complexity index is 1510. The van der Waals surface area contributed by atoms with Crippen LogP contribution in [-0.4, -0.2) is 6.61 Å². The van der Waals surface area contributed by atoms with Crippen LogP contribution < -0.4 is 9.64 Å². The quantitative estimate of drug-likeness (QED) is 0.107. The third-order valence-corrected chi connectivity index (χ3v) is 7.17. The van der Waals surface area contributed by atoms with Crippen LogP contribution in [0.15, 0.2) is 133 Å². The number of nitrogens with zero attached hydrogens (tertiary/aromatic N) is 1. The Labute approximate surface area is 251 Å². The monoisotopic (exact) mass is 549 g/mol. The number of hydrogen-bond donors (Lipinski definition) is 0. The summed E-state index contributed by atoms with van der Waals surface area (Å²) in [6.45, 7) is 3.02. The Balaban J connectivity index is 1.22. The molecule has 0 saturated carbocycles. The van der Waals surface area contributed by atoms with Crippen LogP contribution >= 0.6 is 0 Å². The Kier molecular flexibility index (Phi) is 10.4. The molecule has 0 spiro atoms. The van der Waals surface area contributed by atoms with Crippen molar-refractivity contribution < 1.29 is 4.74 Å². The van der Waals surface area contributed by atoms with Gasteiger partial charge in [-0.2, -0.15) is 0 Å². The van der Waals surface area contributed by atoms with Gasteiger partial charge < -0.3 is 9.64 Å². The number of hydrogen-bond acceptors (Lipinski definition) is 2. The molecule has 0 atom stereocenters. The van der Waals surface area contributed by atoms with E-state index in [1.54, 1.807) is 0 Å². The predicted molar refractivity (Wildman–Crippen MR) is 182 cm³/mol. The van der Waals surface area contributed by atoms with Gasteiger partial charge in [0.1, 0.15) is 5.75 Å². The van der Waals surface area contributed by atoms with E-state index >= 15 is 0 Å². The Morgan fingerprint density at radius 1 is 0.476 bits per heavy atom. The highest BCUT2D eigenvalue weighted by Crippen LogP contribution is 2.34. The highest BCUT2D eigenvalue weighted by molar-refractivity contribution is 5.78. The predicted octanol–water partition coefficient (Wildman–Crippen LogP) is 11.5. The molecule has 0 saturated heterocycles. The summed E-state index contributed by atoms with van der Waals surface area (Å²) in [6.07, 6.45) is 13.5. The summed E-state index contributed by atoms with van der Waals surface area (Å²) in [5, 5.41) is 0. The van der Waals surface area contributed by atoms with Crippen LogP contribution in [0.3, 0.4) is 0 Å². The van der Waals surface area contributed by atoms with Crippen molar-refractivity contribution in [2.45, 2.75) is 32.6 Å². The SMILES string of the molecule is CCCCCCOc1ccc(/C=C/c2cccc(/C=C/c3ccc(N(c4ccccc4)c4ccccc4)cc3)c2)cc1. The Morgan fingerprint density at radius 2 is 0.976 bits per heavy atom. The smallest absolute Gasteiger partial charge is 0.119 e. The first-order valence-electron chi connectivity index (χ1n) is 15.0. The van der Waals surface area contributed by atoms with E-state index < -0.39 is 0 Å². The van der Waals surface area contributed by atoms with Gasteiger partial charge in [-0.3, -0.25) is 0 Å². The standard InChI is InChI=1S/C40H39NO/c1-2-3-4-11-31-42-40-29-25-34(26-30-40)20-22-36-14-12-13-35(32-36)21-19-33-23-27-39(28-24-33)41(37-15-7-5-8-16-37)38-17-9-6-10-18-38/h5-10,12-30,32H,2-4,11,31H2,1H3/b21-19+,22-20+. The molecule has 0 aromatic heterocycles. The van der Waals surface area contributed by atoms with Gasteiger partial charge in [0.25, 0.3) is 0 Å². The van der Waals surface area contributed by atoms with Crippen LogP contribution in [0.5, 0.6) is 5.75 Å². The molecule has 0 aliphatic heterocycles. The van der Waals surface area contributed by atoms with Gasteiger partial charge >= 0.3 is 0 Å². The van der Waals surface area contributed by atoms with Crippen LogP contribution in [0.2, 0.25) is 0 Å². The van der Waals surface area contributed by atoms with Crippen molar-refractivity contribution in [3.05, 3.63) is 156 Å². The number of unbranched alkanes of at least 4 members (excludes halogenated alkanes) is 3. The third kappa shape index (κ3) is 8.34. The molecule has 0 aliphatic rings. The minimum absolute atomic E-state index is 0.791. The lowest BCUT2D eigenvalue weighted by atomic mass is 10.1. The second kappa shape index (κ2) is 15.3. The summed E-state index contributed by atoms with van der Waals surface area (Å²) in [7, 11) is 0. The summed E-state index contributed by atoms with van der Waals surface area (Å²) in [5.74, 6) is 0.941. The molecule has 0 radical (unpaired) electrons. The number of para-hydroxylation sites is 2. The fourth-order valence-corrected chi connectivity index (χ4v) is 4.88. The molecular formula is C40H39NO. The van der Waals surface area contributed by atoms with E-state index in [0.717, 1.165) is 47.0 Å². The molecule has 0 aliphatic carbocycles. The zero-order valence-electron chi connectivity index (χ0n) is 24.4. The largest absolute Gasteiger partial charge is 0.494 e. The first-order valence-corrected chi connectivity index (χ1v) is 15.0. The lowest BCUT2D eigenvalue weighted by Gasteiger charge is -2.25.